The van der Waals surface area contributed by atoms with Crippen LogP contribution in [-0.2, 0) is 9.53 Å². The van der Waals surface area contributed by atoms with Crippen LogP contribution in [0.2, 0.25) is 0 Å². The number of esters is 1. The highest BCUT2D eigenvalue weighted by Crippen LogP contribution is 2.28. The number of benzene rings is 3. The number of fused-ring (bicyclic) bond motifs is 1. The SMILES string of the molecule is Cc1ccc(F)c(NC(=O)COC(=O)c2cccc(N3C(=O)c4ccccc4C3=O)c2)c1. The van der Waals surface area contributed by atoms with Crippen LogP contribution >= 0.6 is 0 Å². The number of imide groups is 1. The van der Waals surface area contributed by atoms with Crippen molar-refractivity contribution in [3.63, 3.8) is 0 Å². The molecular formula is C24H17FN2O5. The molecule has 4 rings (SSSR count). The summed E-state index contributed by atoms with van der Waals surface area (Å²) >= 11 is 0. The number of carbonyl (C=O) groups is 4. The predicted octanol–water partition coefficient (Wildman–Crippen LogP) is 3.73. The molecule has 0 aliphatic carbocycles. The molecule has 0 radical (unpaired) electrons. The van der Waals surface area contributed by atoms with Crippen LogP contribution in [0.5, 0.6) is 0 Å². The average molecular weight is 432 g/mol. The maximum Gasteiger partial charge on any atom is 0.338 e. The summed E-state index contributed by atoms with van der Waals surface area (Å²) in [4.78, 5) is 50.7. The Labute approximate surface area is 182 Å². The lowest BCUT2D eigenvalue weighted by atomic mass is 10.1. The van der Waals surface area contributed by atoms with E-state index in [0.29, 0.717) is 0 Å². The van der Waals surface area contributed by atoms with Gasteiger partial charge in [0.05, 0.1) is 28.1 Å². The summed E-state index contributed by atoms with van der Waals surface area (Å²) in [7, 11) is 0. The highest BCUT2D eigenvalue weighted by Gasteiger charge is 2.36. The number of aryl methyl sites for hydroxylation is 1. The number of nitrogens with one attached hydrogen (secondary N) is 1. The molecule has 0 atom stereocenters. The van der Waals surface area contributed by atoms with Crippen LogP contribution in [0.4, 0.5) is 15.8 Å². The third-order valence-electron chi connectivity index (χ3n) is 4.86. The van der Waals surface area contributed by atoms with Crippen molar-refractivity contribution >= 4 is 35.1 Å². The Morgan fingerprint density at radius 1 is 0.938 bits per heavy atom. The van der Waals surface area contributed by atoms with Crippen LogP contribution in [0, 0.1) is 12.7 Å². The summed E-state index contributed by atoms with van der Waals surface area (Å²) in [6.45, 7) is 1.11. The van der Waals surface area contributed by atoms with E-state index in [9.17, 15) is 23.6 Å². The van der Waals surface area contributed by atoms with E-state index in [1.807, 2.05) is 0 Å². The second kappa shape index (κ2) is 8.43. The summed E-state index contributed by atoms with van der Waals surface area (Å²) in [6, 6.07) is 16.5. The van der Waals surface area contributed by atoms with E-state index < -0.39 is 36.1 Å². The number of hydrogen-bond donors (Lipinski definition) is 1. The van der Waals surface area contributed by atoms with Crippen LogP contribution in [-0.4, -0.2) is 30.3 Å². The van der Waals surface area contributed by atoms with E-state index in [1.165, 1.54) is 36.4 Å². The third-order valence-corrected chi connectivity index (χ3v) is 4.86. The van der Waals surface area contributed by atoms with Gasteiger partial charge in [0.25, 0.3) is 17.7 Å². The molecule has 1 aliphatic heterocycles. The molecule has 0 saturated heterocycles. The molecule has 7 nitrogen and oxygen atoms in total. The van der Waals surface area contributed by atoms with Crippen LogP contribution in [0.3, 0.4) is 0 Å². The van der Waals surface area contributed by atoms with Gasteiger partial charge in [-0.15, -0.1) is 0 Å². The zero-order valence-corrected chi connectivity index (χ0v) is 16.9. The molecule has 3 aromatic rings. The standard InChI is InChI=1S/C24H17FN2O5/c1-14-9-10-19(25)20(11-14)26-21(28)13-32-24(31)15-5-4-6-16(12-15)27-22(29)17-7-2-3-8-18(17)23(27)30/h2-12H,13H2,1H3,(H,26,28). The van der Waals surface area contributed by atoms with Gasteiger partial charge in [0.15, 0.2) is 6.61 Å². The number of nitrogens with zero attached hydrogens (tertiary/aromatic N) is 1. The van der Waals surface area contributed by atoms with Gasteiger partial charge in [0, 0.05) is 0 Å². The van der Waals surface area contributed by atoms with Crippen molar-refractivity contribution < 1.29 is 28.3 Å². The molecule has 0 spiro atoms. The predicted molar refractivity (Wildman–Crippen MR) is 114 cm³/mol. The Morgan fingerprint density at radius 2 is 1.62 bits per heavy atom. The minimum absolute atomic E-state index is 0.0151. The normalized spacial score (nSPS) is 12.5. The fraction of sp³-hybridized carbons (Fsp3) is 0.0833. The molecule has 32 heavy (non-hydrogen) atoms. The highest BCUT2D eigenvalue weighted by molar-refractivity contribution is 6.34. The Bertz CT molecular complexity index is 1240. The van der Waals surface area contributed by atoms with Crippen molar-refractivity contribution in [1.29, 1.82) is 0 Å². The third kappa shape index (κ3) is 3.98. The monoisotopic (exact) mass is 432 g/mol. The van der Waals surface area contributed by atoms with E-state index in [0.717, 1.165) is 10.5 Å². The Morgan fingerprint density at radius 3 is 2.31 bits per heavy atom. The Hall–Kier alpha value is -4.33. The fourth-order valence-electron chi connectivity index (χ4n) is 3.33. The summed E-state index contributed by atoms with van der Waals surface area (Å²) < 4.78 is 18.8. The maximum absolute atomic E-state index is 13.8. The van der Waals surface area contributed by atoms with E-state index in [4.69, 9.17) is 4.74 Å². The van der Waals surface area contributed by atoms with Gasteiger partial charge in [0.2, 0.25) is 0 Å². The maximum atomic E-state index is 13.8. The highest BCUT2D eigenvalue weighted by atomic mass is 19.1. The van der Waals surface area contributed by atoms with Gasteiger partial charge in [-0.25, -0.2) is 14.1 Å². The molecule has 3 aromatic carbocycles. The molecule has 1 aliphatic rings. The van der Waals surface area contributed by atoms with E-state index in [-0.39, 0.29) is 28.1 Å². The molecule has 0 saturated carbocycles. The molecule has 3 amide bonds. The lowest BCUT2D eigenvalue weighted by Gasteiger charge is -2.15. The van der Waals surface area contributed by atoms with Gasteiger partial charge in [0.1, 0.15) is 5.82 Å². The topological polar surface area (TPSA) is 92.8 Å². The number of halogens is 1. The van der Waals surface area contributed by atoms with Crippen LogP contribution in [0.25, 0.3) is 0 Å². The number of anilines is 2. The largest absolute Gasteiger partial charge is 0.452 e. The molecule has 1 heterocycles. The van der Waals surface area contributed by atoms with Crippen molar-refractivity contribution in [3.05, 3.63) is 94.8 Å². The van der Waals surface area contributed by atoms with Crippen molar-refractivity contribution in [2.24, 2.45) is 0 Å². The van der Waals surface area contributed by atoms with E-state index in [1.54, 1.807) is 37.3 Å². The molecule has 0 bridgehead atoms. The van der Waals surface area contributed by atoms with Crippen LogP contribution in [0.15, 0.2) is 66.7 Å². The van der Waals surface area contributed by atoms with Crippen LogP contribution in [0.1, 0.15) is 36.6 Å². The molecule has 0 fully saturated rings. The lowest BCUT2D eigenvalue weighted by molar-refractivity contribution is -0.119. The van der Waals surface area contributed by atoms with Crippen molar-refractivity contribution in [2.75, 3.05) is 16.8 Å². The van der Waals surface area contributed by atoms with Crippen LogP contribution < -0.4 is 10.2 Å². The fourth-order valence-corrected chi connectivity index (χ4v) is 3.33. The first-order chi connectivity index (χ1) is 15.3. The second-order valence-electron chi connectivity index (χ2n) is 7.15. The van der Waals surface area contributed by atoms with E-state index >= 15 is 0 Å². The van der Waals surface area contributed by atoms with Gasteiger partial charge >= 0.3 is 5.97 Å². The number of hydrogen-bond acceptors (Lipinski definition) is 5. The van der Waals surface area contributed by atoms with Gasteiger partial charge < -0.3 is 10.1 Å². The number of rotatable bonds is 5. The molecule has 0 unspecified atom stereocenters. The van der Waals surface area contributed by atoms with Gasteiger partial charge in [-0.2, -0.15) is 0 Å². The lowest BCUT2D eigenvalue weighted by Crippen LogP contribution is -2.29. The van der Waals surface area contributed by atoms with E-state index in [2.05, 4.69) is 5.32 Å². The van der Waals surface area contributed by atoms with Gasteiger partial charge in [-0.05, 0) is 55.0 Å². The first kappa shape index (κ1) is 20.9. The quantitative estimate of drug-likeness (QED) is 0.490. The molecule has 0 aromatic heterocycles. The second-order valence-corrected chi connectivity index (χ2v) is 7.15. The minimum atomic E-state index is -0.830. The van der Waals surface area contributed by atoms with Gasteiger partial charge in [-0.3, -0.25) is 14.4 Å². The van der Waals surface area contributed by atoms with Crippen molar-refractivity contribution in [2.45, 2.75) is 6.92 Å². The van der Waals surface area contributed by atoms with Crippen molar-refractivity contribution in [3.8, 4) is 0 Å². The number of carbonyl (C=O) groups excluding carboxylic acids is 4. The number of ether oxygens (including phenoxy) is 1. The van der Waals surface area contributed by atoms with Gasteiger partial charge in [-0.1, -0.05) is 24.3 Å². The zero-order valence-electron chi connectivity index (χ0n) is 16.9. The smallest absolute Gasteiger partial charge is 0.338 e. The average Bonchev–Trinajstić information content (AvgIpc) is 3.05. The minimum Gasteiger partial charge on any atom is -0.452 e. The summed E-state index contributed by atoms with van der Waals surface area (Å²) in [5.74, 6) is -3.13. The summed E-state index contributed by atoms with van der Waals surface area (Å²) in [5.41, 5.74) is 1.56. The molecule has 160 valence electrons. The zero-order chi connectivity index (χ0) is 22.8. The summed E-state index contributed by atoms with van der Waals surface area (Å²) in [5, 5.41) is 2.35. The first-order valence-electron chi connectivity index (χ1n) is 9.66. The molecule has 1 N–H and O–H groups in total. The Balaban J connectivity index is 1.44. The number of amides is 3. The molecular weight excluding hydrogens is 415 g/mol. The molecule has 8 heteroatoms. The van der Waals surface area contributed by atoms with Crippen molar-refractivity contribution in [1.82, 2.24) is 0 Å². The first-order valence-corrected chi connectivity index (χ1v) is 9.66. The summed E-state index contributed by atoms with van der Waals surface area (Å²) in [6.07, 6.45) is 0. The Kier molecular flexibility index (Phi) is 5.51.